The summed E-state index contributed by atoms with van der Waals surface area (Å²) in [6.45, 7) is 1.88. The predicted octanol–water partition coefficient (Wildman–Crippen LogP) is 2.86. The zero-order valence-corrected chi connectivity index (χ0v) is 15.5. The van der Waals surface area contributed by atoms with E-state index in [1.54, 1.807) is 24.3 Å². The van der Waals surface area contributed by atoms with Gasteiger partial charge in [-0.15, -0.1) is 0 Å². The summed E-state index contributed by atoms with van der Waals surface area (Å²) in [6, 6.07) is 12.5. The predicted molar refractivity (Wildman–Crippen MR) is 96.6 cm³/mol. The summed E-state index contributed by atoms with van der Waals surface area (Å²) in [5.74, 6) is -0.360. The minimum absolute atomic E-state index is 0.113. The van der Waals surface area contributed by atoms with E-state index in [0.29, 0.717) is 48.9 Å². The first kappa shape index (κ1) is 18.8. The van der Waals surface area contributed by atoms with E-state index in [1.807, 2.05) is 11.0 Å². The molecule has 0 aliphatic carbocycles. The molecular formula is C18H17ClFN3O2S. The monoisotopic (exact) mass is 393 g/mol. The van der Waals surface area contributed by atoms with Crippen LogP contribution in [-0.4, -0.2) is 43.8 Å². The molecule has 1 fully saturated rings. The van der Waals surface area contributed by atoms with Crippen LogP contribution in [0.5, 0.6) is 0 Å². The number of nitriles is 1. The van der Waals surface area contributed by atoms with Gasteiger partial charge in [0.25, 0.3) is 0 Å². The minimum atomic E-state index is -3.65. The third-order valence-electron chi connectivity index (χ3n) is 4.38. The van der Waals surface area contributed by atoms with E-state index in [4.69, 9.17) is 16.9 Å². The second kappa shape index (κ2) is 7.72. The molecule has 0 radical (unpaired) electrons. The van der Waals surface area contributed by atoms with E-state index in [1.165, 1.54) is 22.5 Å². The SMILES string of the molecule is N#Cc1cccc(S(=O)(=O)N2CCN(Cc3c(F)cccc3Cl)CC2)c1. The van der Waals surface area contributed by atoms with Gasteiger partial charge in [-0.1, -0.05) is 23.7 Å². The summed E-state index contributed by atoms with van der Waals surface area (Å²) in [6.07, 6.45) is 0. The highest BCUT2D eigenvalue weighted by atomic mass is 35.5. The van der Waals surface area contributed by atoms with Crippen molar-refractivity contribution in [3.05, 3.63) is 64.4 Å². The minimum Gasteiger partial charge on any atom is -0.296 e. The van der Waals surface area contributed by atoms with Crippen molar-refractivity contribution in [3.8, 4) is 6.07 Å². The second-order valence-electron chi connectivity index (χ2n) is 6.02. The third-order valence-corrected chi connectivity index (χ3v) is 6.62. The fourth-order valence-electron chi connectivity index (χ4n) is 2.91. The summed E-state index contributed by atoms with van der Waals surface area (Å²) in [5.41, 5.74) is 0.728. The maximum atomic E-state index is 13.9. The van der Waals surface area contributed by atoms with E-state index in [-0.39, 0.29) is 10.7 Å². The highest BCUT2D eigenvalue weighted by molar-refractivity contribution is 7.89. The molecular weight excluding hydrogens is 377 g/mol. The Bertz CT molecular complexity index is 931. The van der Waals surface area contributed by atoms with E-state index in [9.17, 15) is 12.8 Å². The maximum Gasteiger partial charge on any atom is 0.243 e. The number of hydrogen-bond acceptors (Lipinski definition) is 4. The first-order valence-corrected chi connectivity index (χ1v) is 9.89. The summed E-state index contributed by atoms with van der Waals surface area (Å²) >= 11 is 6.06. The summed E-state index contributed by atoms with van der Waals surface area (Å²) < 4.78 is 40.8. The van der Waals surface area contributed by atoms with Crippen molar-refractivity contribution in [1.82, 2.24) is 9.21 Å². The van der Waals surface area contributed by atoms with Gasteiger partial charge in [0, 0.05) is 43.3 Å². The molecule has 136 valence electrons. The molecule has 0 unspecified atom stereocenters. The fraction of sp³-hybridized carbons (Fsp3) is 0.278. The average molecular weight is 394 g/mol. The molecule has 1 aliphatic rings. The molecule has 2 aromatic rings. The van der Waals surface area contributed by atoms with Crippen molar-refractivity contribution in [2.24, 2.45) is 0 Å². The van der Waals surface area contributed by atoms with Gasteiger partial charge in [0.15, 0.2) is 0 Å². The van der Waals surface area contributed by atoms with E-state index in [0.717, 1.165) is 0 Å². The Hall–Kier alpha value is -1.98. The Morgan fingerprint density at radius 1 is 1.12 bits per heavy atom. The Labute approximate surface area is 157 Å². The van der Waals surface area contributed by atoms with Crippen molar-refractivity contribution >= 4 is 21.6 Å². The van der Waals surface area contributed by atoms with Crippen LogP contribution in [0.3, 0.4) is 0 Å². The molecule has 0 spiro atoms. The second-order valence-corrected chi connectivity index (χ2v) is 8.37. The van der Waals surface area contributed by atoms with Crippen LogP contribution in [0.15, 0.2) is 47.4 Å². The number of nitrogens with zero attached hydrogens (tertiary/aromatic N) is 3. The number of rotatable bonds is 4. The Balaban J connectivity index is 1.69. The summed E-state index contributed by atoms with van der Waals surface area (Å²) in [7, 11) is -3.65. The van der Waals surface area contributed by atoms with Gasteiger partial charge in [-0.3, -0.25) is 4.90 Å². The smallest absolute Gasteiger partial charge is 0.243 e. The van der Waals surface area contributed by atoms with E-state index >= 15 is 0 Å². The summed E-state index contributed by atoms with van der Waals surface area (Å²) in [4.78, 5) is 2.09. The number of piperazine rings is 1. The highest BCUT2D eigenvalue weighted by Gasteiger charge is 2.29. The molecule has 1 saturated heterocycles. The Kier molecular flexibility index (Phi) is 5.58. The maximum absolute atomic E-state index is 13.9. The molecule has 0 bridgehead atoms. The molecule has 0 amide bonds. The lowest BCUT2D eigenvalue weighted by Crippen LogP contribution is -2.48. The zero-order valence-electron chi connectivity index (χ0n) is 13.9. The lowest BCUT2D eigenvalue weighted by atomic mass is 10.2. The van der Waals surface area contributed by atoms with Gasteiger partial charge in [-0.25, -0.2) is 12.8 Å². The van der Waals surface area contributed by atoms with Gasteiger partial charge in [0.2, 0.25) is 10.0 Å². The van der Waals surface area contributed by atoms with Crippen molar-refractivity contribution in [2.75, 3.05) is 26.2 Å². The molecule has 8 heteroatoms. The van der Waals surface area contributed by atoms with Gasteiger partial charge < -0.3 is 0 Å². The standard InChI is InChI=1S/C18H17ClFN3O2S/c19-17-5-2-6-18(20)16(17)13-22-7-9-23(10-8-22)26(24,25)15-4-1-3-14(11-15)12-21/h1-6,11H,7-10,13H2. The van der Waals surface area contributed by atoms with Gasteiger partial charge in [0.1, 0.15) is 5.82 Å². The van der Waals surface area contributed by atoms with Crippen LogP contribution in [0.2, 0.25) is 5.02 Å². The van der Waals surface area contributed by atoms with Crippen molar-refractivity contribution in [1.29, 1.82) is 5.26 Å². The molecule has 26 heavy (non-hydrogen) atoms. The van der Waals surface area contributed by atoms with Crippen LogP contribution < -0.4 is 0 Å². The van der Waals surface area contributed by atoms with Crippen LogP contribution in [-0.2, 0) is 16.6 Å². The molecule has 0 saturated carbocycles. The van der Waals surface area contributed by atoms with Gasteiger partial charge in [-0.05, 0) is 30.3 Å². The molecule has 1 aliphatic heterocycles. The van der Waals surface area contributed by atoms with Gasteiger partial charge >= 0.3 is 0 Å². The normalized spacial score (nSPS) is 16.3. The van der Waals surface area contributed by atoms with Crippen LogP contribution in [0.4, 0.5) is 4.39 Å². The molecule has 0 atom stereocenters. The number of hydrogen-bond donors (Lipinski definition) is 0. The van der Waals surface area contributed by atoms with Crippen molar-refractivity contribution < 1.29 is 12.8 Å². The highest BCUT2D eigenvalue weighted by Crippen LogP contribution is 2.23. The quantitative estimate of drug-likeness (QED) is 0.801. The zero-order chi connectivity index (χ0) is 18.7. The molecule has 1 heterocycles. The molecule has 0 aromatic heterocycles. The molecule has 2 aromatic carbocycles. The number of sulfonamides is 1. The summed E-state index contributed by atoms with van der Waals surface area (Å²) in [5, 5.41) is 9.32. The Morgan fingerprint density at radius 3 is 2.46 bits per heavy atom. The molecule has 0 N–H and O–H groups in total. The average Bonchev–Trinajstić information content (AvgIpc) is 2.65. The Morgan fingerprint density at radius 2 is 1.81 bits per heavy atom. The number of halogens is 2. The van der Waals surface area contributed by atoms with Crippen LogP contribution in [0.1, 0.15) is 11.1 Å². The lowest BCUT2D eigenvalue weighted by molar-refractivity contribution is 0.180. The fourth-order valence-corrected chi connectivity index (χ4v) is 4.60. The van der Waals surface area contributed by atoms with Crippen molar-refractivity contribution in [2.45, 2.75) is 11.4 Å². The largest absolute Gasteiger partial charge is 0.296 e. The first-order chi connectivity index (χ1) is 12.4. The van der Waals surface area contributed by atoms with Gasteiger partial charge in [-0.2, -0.15) is 9.57 Å². The third kappa shape index (κ3) is 3.89. The van der Waals surface area contributed by atoms with Crippen LogP contribution in [0.25, 0.3) is 0 Å². The van der Waals surface area contributed by atoms with Gasteiger partial charge in [0.05, 0.1) is 16.5 Å². The van der Waals surface area contributed by atoms with E-state index < -0.39 is 10.0 Å². The van der Waals surface area contributed by atoms with Crippen molar-refractivity contribution in [3.63, 3.8) is 0 Å². The topological polar surface area (TPSA) is 64.4 Å². The van der Waals surface area contributed by atoms with Crippen LogP contribution >= 0.6 is 11.6 Å². The van der Waals surface area contributed by atoms with E-state index in [2.05, 4.69) is 0 Å². The lowest BCUT2D eigenvalue weighted by Gasteiger charge is -2.34. The number of benzene rings is 2. The first-order valence-electron chi connectivity index (χ1n) is 8.07. The van der Waals surface area contributed by atoms with Crippen LogP contribution in [0, 0.1) is 17.1 Å². The molecule has 5 nitrogen and oxygen atoms in total. The molecule has 3 rings (SSSR count).